The molecule has 1 N–H and O–H groups in total. The number of hydrogen-bond acceptors (Lipinski definition) is 2. The maximum atomic E-state index is 5.34. The second kappa shape index (κ2) is 6.10. The largest absolute Gasteiger partial charge is 0.469 e. The highest BCUT2D eigenvalue weighted by Crippen LogP contribution is 2.26. The molecule has 0 radical (unpaired) electrons. The van der Waals surface area contributed by atoms with Gasteiger partial charge in [0.15, 0.2) is 0 Å². The van der Waals surface area contributed by atoms with Crippen molar-refractivity contribution in [1.82, 2.24) is 0 Å². The normalized spacial score (nSPS) is 12.4. The first-order chi connectivity index (χ1) is 8.66. The molecule has 0 saturated carbocycles. The maximum Gasteiger partial charge on any atom is 0.103 e. The predicted octanol–water partition coefficient (Wildman–Crippen LogP) is 4.78. The van der Waals surface area contributed by atoms with Gasteiger partial charge in [-0.1, -0.05) is 12.1 Å². The Labute approximate surface area is 117 Å². The molecule has 1 heterocycles. The van der Waals surface area contributed by atoms with Crippen LogP contribution in [0.1, 0.15) is 24.7 Å². The highest BCUT2D eigenvalue weighted by molar-refractivity contribution is 9.10. The van der Waals surface area contributed by atoms with Crippen molar-refractivity contribution in [2.24, 2.45) is 0 Å². The van der Waals surface area contributed by atoms with Crippen LogP contribution in [0.15, 0.2) is 45.5 Å². The maximum absolute atomic E-state index is 5.34. The number of aryl methyl sites for hydroxylation is 2. The van der Waals surface area contributed by atoms with Crippen molar-refractivity contribution in [3.8, 4) is 0 Å². The Morgan fingerprint density at radius 2 is 2.11 bits per heavy atom. The van der Waals surface area contributed by atoms with Crippen LogP contribution in [0, 0.1) is 6.92 Å². The lowest BCUT2D eigenvalue weighted by Gasteiger charge is -2.16. The zero-order valence-corrected chi connectivity index (χ0v) is 12.3. The van der Waals surface area contributed by atoms with E-state index in [2.05, 4.69) is 53.3 Å². The lowest BCUT2D eigenvalue weighted by atomic mass is 10.1. The molecule has 0 aliphatic heterocycles. The Bertz CT molecular complexity index is 493. The average molecular weight is 308 g/mol. The fourth-order valence-electron chi connectivity index (χ4n) is 1.91. The lowest BCUT2D eigenvalue weighted by Crippen LogP contribution is -2.16. The molecule has 1 atom stereocenters. The minimum absolute atomic E-state index is 0.410. The molecule has 18 heavy (non-hydrogen) atoms. The average Bonchev–Trinajstić information content (AvgIpc) is 2.86. The number of anilines is 1. The molecule has 2 nitrogen and oxygen atoms in total. The number of hydrogen-bond donors (Lipinski definition) is 1. The van der Waals surface area contributed by atoms with Crippen LogP contribution in [0.5, 0.6) is 0 Å². The molecule has 0 saturated heterocycles. The summed E-state index contributed by atoms with van der Waals surface area (Å²) < 4.78 is 6.49. The summed E-state index contributed by atoms with van der Waals surface area (Å²) in [5.74, 6) is 1.05. The molecule has 1 unspecified atom stereocenters. The predicted molar refractivity (Wildman–Crippen MR) is 79.0 cm³/mol. The summed E-state index contributed by atoms with van der Waals surface area (Å²) in [5.41, 5.74) is 2.40. The van der Waals surface area contributed by atoms with Crippen molar-refractivity contribution in [3.63, 3.8) is 0 Å². The lowest BCUT2D eigenvalue weighted by molar-refractivity contribution is 0.495. The molecule has 1 aromatic heterocycles. The molecular formula is C15H18BrNO. The fraction of sp³-hybridized carbons (Fsp3) is 0.333. The third kappa shape index (κ3) is 3.39. The van der Waals surface area contributed by atoms with Crippen molar-refractivity contribution in [2.75, 3.05) is 5.32 Å². The highest BCUT2D eigenvalue weighted by atomic mass is 79.9. The molecule has 96 valence electrons. The van der Waals surface area contributed by atoms with Gasteiger partial charge in [0.05, 0.1) is 6.26 Å². The van der Waals surface area contributed by atoms with Gasteiger partial charge in [-0.3, -0.25) is 0 Å². The molecular weight excluding hydrogens is 290 g/mol. The van der Waals surface area contributed by atoms with Crippen molar-refractivity contribution < 1.29 is 4.42 Å². The van der Waals surface area contributed by atoms with Gasteiger partial charge >= 0.3 is 0 Å². The Morgan fingerprint density at radius 1 is 1.28 bits per heavy atom. The summed E-state index contributed by atoms with van der Waals surface area (Å²) in [6, 6.07) is 10.6. The van der Waals surface area contributed by atoms with E-state index in [4.69, 9.17) is 4.42 Å². The van der Waals surface area contributed by atoms with Crippen LogP contribution < -0.4 is 5.32 Å². The van der Waals surface area contributed by atoms with Gasteiger partial charge in [0.2, 0.25) is 0 Å². The molecule has 0 aliphatic carbocycles. The van der Waals surface area contributed by atoms with Crippen LogP contribution in [0.25, 0.3) is 0 Å². The number of furan rings is 1. The van der Waals surface area contributed by atoms with E-state index in [-0.39, 0.29) is 0 Å². The van der Waals surface area contributed by atoms with E-state index < -0.39 is 0 Å². The van der Waals surface area contributed by atoms with Crippen LogP contribution in [0.3, 0.4) is 0 Å². The summed E-state index contributed by atoms with van der Waals surface area (Å²) in [5, 5.41) is 3.52. The van der Waals surface area contributed by atoms with Crippen molar-refractivity contribution in [2.45, 2.75) is 32.7 Å². The second-order valence-electron chi connectivity index (χ2n) is 4.60. The first-order valence-corrected chi connectivity index (χ1v) is 7.00. The van der Waals surface area contributed by atoms with E-state index in [0.29, 0.717) is 6.04 Å². The van der Waals surface area contributed by atoms with Crippen molar-refractivity contribution in [3.05, 3.63) is 52.4 Å². The van der Waals surface area contributed by atoms with Crippen LogP contribution >= 0.6 is 15.9 Å². The number of nitrogens with one attached hydrogen (secondary N) is 1. The minimum Gasteiger partial charge on any atom is -0.469 e. The van der Waals surface area contributed by atoms with Gasteiger partial charge in [0.1, 0.15) is 5.76 Å². The molecule has 0 spiro atoms. The molecule has 0 aliphatic rings. The van der Waals surface area contributed by atoms with Crippen molar-refractivity contribution >= 4 is 21.6 Å². The van der Waals surface area contributed by atoms with Crippen molar-refractivity contribution in [1.29, 1.82) is 0 Å². The number of halogens is 1. The SMILES string of the molecule is Cc1cccc(NC(C)CCc2ccco2)c1Br. The quantitative estimate of drug-likeness (QED) is 0.859. The standard InChI is InChI=1S/C15H18BrNO/c1-11-5-3-7-14(15(11)16)17-12(2)8-9-13-6-4-10-18-13/h3-7,10,12,17H,8-9H2,1-2H3. The van der Waals surface area contributed by atoms with E-state index in [1.807, 2.05) is 12.1 Å². The van der Waals surface area contributed by atoms with E-state index in [9.17, 15) is 0 Å². The van der Waals surface area contributed by atoms with Crippen LogP contribution in [0.2, 0.25) is 0 Å². The van der Waals surface area contributed by atoms with Gasteiger partial charge in [0.25, 0.3) is 0 Å². The summed E-state index contributed by atoms with van der Waals surface area (Å²) >= 11 is 3.62. The van der Waals surface area contributed by atoms with Gasteiger partial charge in [-0.15, -0.1) is 0 Å². The van der Waals surface area contributed by atoms with E-state index in [0.717, 1.165) is 28.8 Å². The number of rotatable bonds is 5. The third-order valence-corrected chi connectivity index (χ3v) is 4.05. The summed E-state index contributed by atoms with van der Waals surface area (Å²) in [7, 11) is 0. The van der Waals surface area contributed by atoms with Gasteiger partial charge in [-0.05, 0) is 60.0 Å². The van der Waals surface area contributed by atoms with Gasteiger partial charge in [0, 0.05) is 22.6 Å². The summed E-state index contributed by atoms with van der Waals surface area (Å²) in [6.07, 6.45) is 3.74. The van der Waals surface area contributed by atoms with Gasteiger partial charge < -0.3 is 9.73 Å². The smallest absolute Gasteiger partial charge is 0.103 e. The second-order valence-corrected chi connectivity index (χ2v) is 5.39. The van der Waals surface area contributed by atoms with Gasteiger partial charge in [-0.25, -0.2) is 0 Å². The number of benzene rings is 1. The Balaban J connectivity index is 1.90. The molecule has 0 amide bonds. The molecule has 3 heteroatoms. The first kappa shape index (κ1) is 13.2. The molecule has 1 aromatic carbocycles. The Morgan fingerprint density at radius 3 is 2.83 bits per heavy atom. The summed E-state index contributed by atoms with van der Waals surface area (Å²) in [4.78, 5) is 0. The Kier molecular flexibility index (Phi) is 4.48. The third-order valence-electron chi connectivity index (χ3n) is 3.00. The van der Waals surface area contributed by atoms with E-state index in [1.54, 1.807) is 6.26 Å². The molecule has 2 rings (SSSR count). The minimum atomic E-state index is 0.410. The summed E-state index contributed by atoms with van der Waals surface area (Å²) in [6.45, 7) is 4.29. The fourth-order valence-corrected chi connectivity index (χ4v) is 2.29. The van der Waals surface area contributed by atoms with Crippen LogP contribution in [-0.4, -0.2) is 6.04 Å². The van der Waals surface area contributed by atoms with E-state index in [1.165, 1.54) is 5.56 Å². The molecule has 2 aromatic rings. The monoisotopic (exact) mass is 307 g/mol. The van der Waals surface area contributed by atoms with Crippen LogP contribution in [-0.2, 0) is 6.42 Å². The Hall–Kier alpha value is -1.22. The van der Waals surface area contributed by atoms with Gasteiger partial charge in [-0.2, -0.15) is 0 Å². The zero-order valence-electron chi connectivity index (χ0n) is 10.7. The van der Waals surface area contributed by atoms with E-state index >= 15 is 0 Å². The zero-order chi connectivity index (χ0) is 13.0. The first-order valence-electron chi connectivity index (χ1n) is 6.21. The molecule has 0 bridgehead atoms. The molecule has 0 fully saturated rings. The van der Waals surface area contributed by atoms with Crippen LogP contribution in [0.4, 0.5) is 5.69 Å². The topological polar surface area (TPSA) is 25.2 Å². The highest BCUT2D eigenvalue weighted by Gasteiger charge is 2.07.